The first-order valence-corrected chi connectivity index (χ1v) is 25.6. The molecular weight excluding hydrogens is 719 g/mol. The van der Waals surface area contributed by atoms with Crippen molar-refractivity contribution in [2.24, 2.45) is 0 Å². The molecule has 6 aromatic rings. The molecule has 0 fully saturated rings. The molecule has 0 N–H and O–H groups in total. The molecule has 48 heavy (non-hydrogen) atoms. The molecule has 0 saturated heterocycles. The van der Waals surface area contributed by atoms with Crippen LogP contribution in [0.4, 0.5) is 0 Å². The van der Waals surface area contributed by atoms with Crippen molar-refractivity contribution in [3.63, 3.8) is 0 Å². The van der Waals surface area contributed by atoms with Gasteiger partial charge in [-0.05, 0) is 46.4 Å². The predicted molar refractivity (Wildman–Crippen MR) is 215 cm³/mol. The predicted octanol–water partition coefficient (Wildman–Crippen LogP) is 14.9. The number of rotatable bonds is 7. The summed E-state index contributed by atoms with van der Waals surface area (Å²) in [5, 5.41) is 5.48. The van der Waals surface area contributed by atoms with E-state index in [2.05, 4.69) is 171 Å². The molecule has 2 radical (unpaired) electrons. The average Bonchev–Trinajstić information content (AvgIpc) is 3.74. The Balaban J connectivity index is 0.000000225. The van der Waals surface area contributed by atoms with Crippen LogP contribution in [0.25, 0.3) is 43.8 Å². The van der Waals surface area contributed by atoms with Crippen molar-refractivity contribution in [2.75, 3.05) is 0 Å². The molecule has 0 aliphatic carbocycles. The summed E-state index contributed by atoms with van der Waals surface area (Å²) in [6, 6.07) is 40.7. The topological polar surface area (TPSA) is 0 Å². The molecule has 0 heterocycles. The second-order valence-electron chi connectivity index (χ2n) is 13.1. The number of benzene rings is 4. The van der Waals surface area contributed by atoms with E-state index in [-0.39, 0.29) is 0 Å². The van der Waals surface area contributed by atoms with Gasteiger partial charge >= 0.3 is 37.9 Å². The third kappa shape index (κ3) is 10.9. The number of hydrogen-bond acceptors (Lipinski definition) is 0. The van der Waals surface area contributed by atoms with E-state index in [1.807, 2.05) is 0 Å². The van der Waals surface area contributed by atoms with Crippen LogP contribution < -0.4 is 0 Å². The van der Waals surface area contributed by atoms with Crippen LogP contribution in [0.1, 0.15) is 94.9 Å². The van der Waals surface area contributed by atoms with Crippen LogP contribution >= 0.6 is 17.0 Å². The summed E-state index contributed by atoms with van der Waals surface area (Å²) in [7, 11) is 11.0. The number of hydrogen-bond donors (Lipinski definition) is 0. The summed E-state index contributed by atoms with van der Waals surface area (Å²) in [6.45, 7) is 20.0. The fourth-order valence-corrected chi connectivity index (χ4v) is 5.88. The molecule has 0 aliphatic heterocycles. The van der Waals surface area contributed by atoms with E-state index in [1.165, 1.54) is 72.5 Å². The van der Waals surface area contributed by atoms with Crippen LogP contribution in [0.5, 0.6) is 0 Å². The molecule has 0 saturated carbocycles. The monoisotopic (exact) mass is 768 g/mol. The van der Waals surface area contributed by atoms with Gasteiger partial charge in [0, 0.05) is 9.52 Å². The van der Waals surface area contributed by atoms with Crippen LogP contribution in [0.2, 0.25) is 13.1 Å². The quantitative estimate of drug-likeness (QED) is 0.112. The Kier molecular flexibility index (Phi) is 17.1. The van der Waals surface area contributed by atoms with Crippen LogP contribution in [-0.2, 0) is 27.3 Å². The van der Waals surface area contributed by atoms with E-state index >= 15 is 0 Å². The summed E-state index contributed by atoms with van der Waals surface area (Å²) < 4.78 is 0. The summed E-state index contributed by atoms with van der Waals surface area (Å²) in [5.41, 5.74) is 11.0. The molecule has 6 aromatic carbocycles. The zero-order chi connectivity index (χ0) is 35.2. The SMILES string of the molecule is CCC(C)c1cc2c(-c3ccc(C(C)C)cc3)cccc2[cH-]1.CCc1cc2c(-c3ccc(C(C)C)cc3)cccc2[cH-]1.C[Si]C.[Cl][Zr+2][Cl]. The van der Waals surface area contributed by atoms with Crippen LogP contribution in [0.15, 0.2) is 109 Å². The Morgan fingerprint density at radius 3 is 1.44 bits per heavy atom. The third-order valence-electron chi connectivity index (χ3n) is 8.95. The maximum atomic E-state index is 4.93. The Labute approximate surface area is 312 Å². The molecule has 250 valence electrons. The normalized spacial score (nSPS) is 11.3. The molecule has 0 aliphatic rings. The second kappa shape index (κ2) is 20.5. The van der Waals surface area contributed by atoms with Crippen molar-refractivity contribution in [1.29, 1.82) is 0 Å². The Hall–Kier alpha value is -2.22. The van der Waals surface area contributed by atoms with E-state index in [0.29, 0.717) is 17.8 Å². The molecule has 0 spiro atoms. The van der Waals surface area contributed by atoms with Gasteiger partial charge in [0.2, 0.25) is 0 Å². The summed E-state index contributed by atoms with van der Waals surface area (Å²) in [4.78, 5) is 0. The van der Waals surface area contributed by atoms with Crippen LogP contribution in [-0.4, -0.2) is 9.52 Å². The van der Waals surface area contributed by atoms with E-state index in [0.717, 1.165) is 15.9 Å². The molecule has 0 bridgehead atoms. The molecule has 6 rings (SSSR count). The Morgan fingerprint density at radius 1 is 0.625 bits per heavy atom. The van der Waals surface area contributed by atoms with Gasteiger partial charge in [-0.1, -0.05) is 140 Å². The summed E-state index contributed by atoms with van der Waals surface area (Å²) >= 11 is -0.826. The van der Waals surface area contributed by atoms with Crippen LogP contribution in [0, 0.1) is 0 Å². The molecule has 1 atom stereocenters. The van der Waals surface area contributed by atoms with Crippen molar-refractivity contribution in [3.05, 3.63) is 131 Å². The number of fused-ring (bicyclic) bond motifs is 2. The van der Waals surface area contributed by atoms with Gasteiger partial charge in [0.15, 0.2) is 0 Å². The minimum absolute atomic E-state index is 0.584. The average molecular weight is 771 g/mol. The molecule has 0 amide bonds. The van der Waals surface area contributed by atoms with Crippen molar-refractivity contribution in [2.45, 2.75) is 92.2 Å². The summed E-state index contributed by atoms with van der Waals surface area (Å²) in [5.74, 6) is 1.80. The number of halogens is 2. The van der Waals surface area contributed by atoms with Crippen molar-refractivity contribution in [3.8, 4) is 22.3 Å². The molecule has 1 unspecified atom stereocenters. The summed E-state index contributed by atoms with van der Waals surface area (Å²) in [6.07, 6.45) is 2.29. The zero-order valence-electron chi connectivity index (χ0n) is 30.3. The second-order valence-corrected chi connectivity index (χ2v) is 17.8. The van der Waals surface area contributed by atoms with Crippen molar-refractivity contribution in [1.82, 2.24) is 0 Å². The van der Waals surface area contributed by atoms with Crippen molar-refractivity contribution < 1.29 is 20.8 Å². The van der Waals surface area contributed by atoms with Gasteiger partial charge in [-0.3, -0.25) is 0 Å². The van der Waals surface area contributed by atoms with Gasteiger partial charge in [0.05, 0.1) is 0 Å². The van der Waals surface area contributed by atoms with E-state index in [9.17, 15) is 0 Å². The fraction of sp³-hybridized carbons (Fsp3) is 0.318. The first-order valence-electron chi connectivity index (χ1n) is 17.2. The first kappa shape index (κ1) is 40.2. The van der Waals surface area contributed by atoms with Gasteiger partial charge < -0.3 is 0 Å². The molecule has 0 aromatic heterocycles. The molecule has 0 nitrogen and oxygen atoms in total. The van der Waals surface area contributed by atoms with Gasteiger partial charge in [-0.2, -0.15) is 12.1 Å². The third-order valence-corrected chi connectivity index (χ3v) is 8.95. The Morgan fingerprint density at radius 2 is 1.04 bits per heavy atom. The first-order chi connectivity index (χ1) is 23.1. The fourth-order valence-electron chi connectivity index (χ4n) is 5.88. The van der Waals surface area contributed by atoms with E-state index < -0.39 is 20.8 Å². The van der Waals surface area contributed by atoms with E-state index in [4.69, 9.17) is 17.0 Å². The standard InChI is InChI=1S/C22H25.C20H21.C2H6Si.2ClH.Zr/c1-5-16(4)20-13-19-7-6-8-21(22(19)14-20)18-11-9-17(10-12-18)15(2)3;1-4-15-12-18-6-5-7-19(20(18)13-15)17-10-8-16(9-11-17)14(2)3;1-3-2;;;/h6-16H,5H2,1-4H3;5-14H,4H2,1-3H3;1-2H3;2*1H;/q2*-1;;;;+4/p-2. The van der Waals surface area contributed by atoms with Gasteiger partial charge in [-0.15, -0.1) is 69.1 Å². The molecule has 4 heteroatoms. The van der Waals surface area contributed by atoms with Gasteiger partial charge in [-0.25, -0.2) is 0 Å². The molecular formula is C44H52Cl2SiZr. The van der Waals surface area contributed by atoms with Gasteiger partial charge in [0.1, 0.15) is 0 Å². The minimum atomic E-state index is -0.826. The Bertz CT molecular complexity index is 1790. The van der Waals surface area contributed by atoms with Crippen LogP contribution in [0.3, 0.4) is 0 Å². The van der Waals surface area contributed by atoms with E-state index in [1.54, 1.807) is 0 Å². The zero-order valence-corrected chi connectivity index (χ0v) is 35.3. The van der Waals surface area contributed by atoms with Gasteiger partial charge in [0.25, 0.3) is 0 Å². The number of aryl methyl sites for hydroxylation is 1. The van der Waals surface area contributed by atoms with Crippen molar-refractivity contribution >= 4 is 48.1 Å². The maximum absolute atomic E-state index is 4.93.